The van der Waals surface area contributed by atoms with Gasteiger partial charge in [-0.2, -0.15) is 0 Å². The van der Waals surface area contributed by atoms with Gasteiger partial charge in [0.1, 0.15) is 12.4 Å². The number of ether oxygens (including phenoxy) is 1. The van der Waals surface area contributed by atoms with E-state index >= 15 is 0 Å². The minimum Gasteiger partial charge on any atom is -0.490 e. The molecule has 2 aromatic carbocycles. The largest absolute Gasteiger partial charge is 0.490 e. The fourth-order valence-electron chi connectivity index (χ4n) is 3.29. The summed E-state index contributed by atoms with van der Waals surface area (Å²) in [5.74, 6) is 0.276. The van der Waals surface area contributed by atoms with Gasteiger partial charge in [-0.1, -0.05) is 42.5 Å². The van der Waals surface area contributed by atoms with E-state index in [-0.39, 0.29) is 42.7 Å². The molecular formula is C22H26N2O5S. The molecule has 0 aliphatic carbocycles. The molecule has 0 fully saturated rings. The average molecular weight is 431 g/mol. The van der Waals surface area contributed by atoms with Crippen LogP contribution in [0.25, 0.3) is 0 Å². The first-order valence-corrected chi connectivity index (χ1v) is 11.8. The summed E-state index contributed by atoms with van der Waals surface area (Å²) in [6, 6.07) is 16.3. The van der Waals surface area contributed by atoms with Crippen LogP contribution in [-0.2, 0) is 25.2 Å². The number of carbonyl (C=O) groups excluding carboxylic acids is 2. The Balaban J connectivity index is 1.37. The van der Waals surface area contributed by atoms with Gasteiger partial charge in [0.05, 0.1) is 23.7 Å². The third-order valence-electron chi connectivity index (χ3n) is 4.78. The first-order chi connectivity index (χ1) is 14.4. The van der Waals surface area contributed by atoms with Crippen molar-refractivity contribution in [3.8, 4) is 5.75 Å². The molecule has 0 aromatic heterocycles. The molecule has 0 spiro atoms. The Bertz CT molecular complexity index is 976. The van der Waals surface area contributed by atoms with E-state index < -0.39 is 9.84 Å². The first-order valence-electron chi connectivity index (χ1n) is 9.98. The number of hydrogen-bond acceptors (Lipinski definition) is 5. The van der Waals surface area contributed by atoms with Crippen molar-refractivity contribution in [1.82, 2.24) is 5.32 Å². The Morgan fingerprint density at radius 2 is 1.73 bits per heavy atom. The van der Waals surface area contributed by atoms with Crippen LogP contribution >= 0.6 is 0 Å². The summed E-state index contributed by atoms with van der Waals surface area (Å²) in [6.07, 6.45) is 0.493. The maximum atomic E-state index is 12.5. The van der Waals surface area contributed by atoms with Gasteiger partial charge in [0.25, 0.3) is 0 Å². The Morgan fingerprint density at radius 1 is 1.00 bits per heavy atom. The summed E-state index contributed by atoms with van der Waals surface area (Å²) >= 11 is 0. The van der Waals surface area contributed by atoms with Crippen molar-refractivity contribution in [3.05, 3.63) is 60.2 Å². The second kappa shape index (κ2) is 10.2. The first kappa shape index (κ1) is 21.8. The van der Waals surface area contributed by atoms with Crippen LogP contribution in [0.2, 0.25) is 0 Å². The normalized spacial score (nSPS) is 13.3. The van der Waals surface area contributed by atoms with Gasteiger partial charge < -0.3 is 15.0 Å². The van der Waals surface area contributed by atoms with Crippen molar-refractivity contribution in [2.24, 2.45) is 0 Å². The molecule has 0 bridgehead atoms. The van der Waals surface area contributed by atoms with Gasteiger partial charge in [-0.15, -0.1) is 0 Å². The Kier molecular flexibility index (Phi) is 7.46. The zero-order valence-electron chi connectivity index (χ0n) is 16.7. The molecule has 2 aromatic rings. The van der Waals surface area contributed by atoms with E-state index in [1.807, 2.05) is 42.5 Å². The molecule has 0 saturated carbocycles. The highest BCUT2D eigenvalue weighted by Crippen LogP contribution is 2.31. The number of nitrogens with zero attached hydrogens (tertiary/aromatic N) is 1. The van der Waals surface area contributed by atoms with E-state index in [1.165, 1.54) is 0 Å². The molecule has 30 heavy (non-hydrogen) atoms. The predicted octanol–water partition coefficient (Wildman–Crippen LogP) is 2.31. The van der Waals surface area contributed by atoms with Crippen LogP contribution in [0.4, 0.5) is 5.69 Å². The number of sulfone groups is 1. The van der Waals surface area contributed by atoms with E-state index in [1.54, 1.807) is 17.0 Å². The molecule has 0 atom stereocenters. The molecule has 8 heteroatoms. The number of fused-ring (bicyclic) bond motifs is 1. The standard InChI is InChI=1S/C22H26N2O5S/c25-21(23-13-6-16-30(27,28)17-18-7-2-1-3-8-18)11-12-22(26)24-14-15-29-20-10-5-4-9-19(20)24/h1-5,7-10H,6,11-17H2,(H,23,25). The number of hydrogen-bond donors (Lipinski definition) is 1. The average Bonchev–Trinajstić information content (AvgIpc) is 2.75. The summed E-state index contributed by atoms with van der Waals surface area (Å²) in [7, 11) is -3.23. The molecule has 1 N–H and O–H groups in total. The lowest BCUT2D eigenvalue weighted by molar-refractivity contribution is -0.125. The van der Waals surface area contributed by atoms with E-state index in [0.29, 0.717) is 25.3 Å². The van der Waals surface area contributed by atoms with Crippen molar-refractivity contribution in [1.29, 1.82) is 0 Å². The van der Waals surface area contributed by atoms with Crippen molar-refractivity contribution in [3.63, 3.8) is 0 Å². The SMILES string of the molecule is O=C(CCC(=O)N1CCOc2ccccc21)NCCCS(=O)(=O)Cc1ccccc1. The molecule has 7 nitrogen and oxygen atoms in total. The molecule has 2 amide bonds. The molecule has 0 radical (unpaired) electrons. The van der Waals surface area contributed by atoms with Gasteiger partial charge in [-0.25, -0.2) is 8.42 Å². The number of amides is 2. The molecule has 1 aliphatic rings. The highest BCUT2D eigenvalue weighted by molar-refractivity contribution is 7.90. The van der Waals surface area contributed by atoms with Crippen LogP contribution in [0.3, 0.4) is 0 Å². The number of rotatable bonds is 9. The van der Waals surface area contributed by atoms with Crippen LogP contribution in [0.15, 0.2) is 54.6 Å². The summed E-state index contributed by atoms with van der Waals surface area (Å²) in [5, 5.41) is 2.70. The van der Waals surface area contributed by atoms with Crippen LogP contribution in [-0.4, -0.2) is 45.7 Å². The van der Waals surface area contributed by atoms with Crippen LogP contribution in [0, 0.1) is 0 Å². The summed E-state index contributed by atoms with van der Waals surface area (Å²) in [4.78, 5) is 26.2. The van der Waals surface area contributed by atoms with Crippen LogP contribution in [0.1, 0.15) is 24.8 Å². The summed E-state index contributed by atoms with van der Waals surface area (Å²) in [6.45, 7) is 1.14. The number of anilines is 1. The molecule has 0 unspecified atom stereocenters. The smallest absolute Gasteiger partial charge is 0.227 e. The molecular weight excluding hydrogens is 404 g/mol. The topological polar surface area (TPSA) is 92.8 Å². The second-order valence-corrected chi connectivity index (χ2v) is 9.33. The lowest BCUT2D eigenvalue weighted by Gasteiger charge is -2.29. The summed E-state index contributed by atoms with van der Waals surface area (Å²) < 4.78 is 29.9. The third kappa shape index (κ3) is 6.32. The Labute approximate surface area is 177 Å². The molecule has 3 rings (SSSR count). The minimum absolute atomic E-state index is 0.00267. The highest BCUT2D eigenvalue weighted by atomic mass is 32.2. The van der Waals surface area contributed by atoms with Crippen molar-refractivity contribution in [2.45, 2.75) is 25.0 Å². The zero-order chi connectivity index (χ0) is 21.4. The highest BCUT2D eigenvalue weighted by Gasteiger charge is 2.23. The lowest BCUT2D eigenvalue weighted by atomic mass is 10.2. The Morgan fingerprint density at radius 3 is 2.53 bits per heavy atom. The molecule has 1 heterocycles. The van der Waals surface area contributed by atoms with Crippen LogP contribution in [0.5, 0.6) is 5.75 Å². The second-order valence-electron chi connectivity index (χ2n) is 7.14. The lowest BCUT2D eigenvalue weighted by Crippen LogP contribution is -2.38. The van der Waals surface area contributed by atoms with E-state index in [9.17, 15) is 18.0 Å². The number of nitrogens with one attached hydrogen (secondary N) is 1. The van der Waals surface area contributed by atoms with Gasteiger partial charge in [0.2, 0.25) is 11.8 Å². The fourth-order valence-corrected chi connectivity index (χ4v) is 4.72. The van der Waals surface area contributed by atoms with Crippen molar-refractivity contribution in [2.75, 3.05) is 30.3 Å². The minimum atomic E-state index is -3.23. The van der Waals surface area contributed by atoms with Gasteiger partial charge in [-0.3, -0.25) is 9.59 Å². The van der Waals surface area contributed by atoms with Crippen LogP contribution < -0.4 is 15.0 Å². The maximum Gasteiger partial charge on any atom is 0.227 e. The molecule has 160 valence electrons. The molecule has 0 saturated heterocycles. The Hall–Kier alpha value is -2.87. The fraction of sp³-hybridized carbons (Fsp3) is 0.364. The van der Waals surface area contributed by atoms with Gasteiger partial charge >= 0.3 is 0 Å². The van der Waals surface area contributed by atoms with Gasteiger partial charge in [-0.05, 0) is 24.1 Å². The van der Waals surface area contributed by atoms with Gasteiger partial charge in [0, 0.05) is 19.4 Å². The van der Waals surface area contributed by atoms with E-state index in [4.69, 9.17) is 4.74 Å². The number of benzene rings is 2. The van der Waals surface area contributed by atoms with E-state index in [2.05, 4.69) is 5.32 Å². The predicted molar refractivity (Wildman–Crippen MR) is 115 cm³/mol. The monoisotopic (exact) mass is 430 g/mol. The third-order valence-corrected chi connectivity index (χ3v) is 6.46. The van der Waals surface area contributed by atoms with E-state index in [0.717, 1.165) is 11.3 Å². The number of carbonyl (C=O) groups is 2. The van der Waals surface area contributed by atoms with Crippen molar-refractivity contribution < 1.29 is 22.7 Å². The zero-order valence-corrected chi connectivity index (χ0v) is 17.6. The summed E-state index contributed by atoms with van der Waals surface area (Å²) in [5.41, 5.74) is 1.47. The van der Waals surface area contributed by atoms with Gasteiger partial charge in [0.15, 0.2) is 9.84 Å². The maximum absolute atomic E-state index is 12.5. The number of para-hydroxylation sites is 2. The van der Waals surface area contributed by atoms with Crippen molar-refractivity contribution >= 4 is 27.3 Å². The quantitative estimate of drug-likeness (QED) is 0.617. The molecule has 1 aliphatic heterocycles.